The second kappa shape index (κ2) is 2.71. The number of hydrogen-bond acceptors (Lipinski definition) is 1. The van der Waals surface area contributed by atoms with Crippen molar-refractivity contribution in [2.24, 2.45) is 0 Å². The van der Waals surface area contributed by atoms with E-state index in [2.05, 4.69) is 0 Å². The molecule has 1 nitrogen and oxygen atoms in total. The first-order valence-corrected chi connectivity index (χ1v) is 6.31. The lowest BCUT2D eigenvalue weighted by Crippen LogP contribution is -2.03. The van der Waals surface area contributed by atoms with E-state index in [1.807, 2.05) is 13.6 Å². The van der Waals surface area contributed by atoms with Crippen LogP contribution in [0.4, 0.5) is 0 Å². The third-order valence-corrected chi connectivity index (χ3v) is 4.66. The van der Waals surface area contributed by atoms with E-state index in [0.29, 0.717) is 0 Å². The number of halogens is 1. The van der Waals surface area contributed by atoms with Gasteiger partial charge in [-0.15, -0.1) is 0 Å². The van der Waals surface area contributed by atoms with Crippen LogP contribution in [0.1, 0.15) is 13.3 Å². The van der Waals surface area contributed by atoms with Crippen LogP contribution in [0.3, 0.4) is 0 Å². The normalized spacial score (nSPS) is 34.7. The Balaban J connectivity index is 2.82. The van der Waals surface area contributed by atoms with Gasteiger partial charge in [0.2, 0.25) is 0 Å². The smallest absolute Gasteiger partial charge is 0.0890 e. The molecule has 1 rings (SSSR count). The molecule has 0 amide bonds. The Labute approximate surface area is 66.8 Å². The molecular weight excluding hydrogens is 167 g/mol. The molecule has 0 aromatic rings. The van der Waals surface area contributed by atoms with Crippen LogP contribution in [-0.4, -0.2) is 19.0 Å². The van der Waals surface area contributed by atoms with Crippen molar-refractivity contribution in [2.75, 3.05) is 19.0 Å². The zero-order valence-corrected chi connectivity index (χ0v) is 8.01. The molecule has 0 aromatic carbocycles. The third kappa shape index (κ3) is 1.87. The summed E-state index contributed by atoms with van der Waals surface area (Å²) in [5, 5.41) is 0.924. The second-order valence-corrected chi connectivity index (χ2v) is 6.93. The van der Waals surface area contributed by atoms with Gasteiger partial charge in [-0.3, -0.25) is 0 Å². The molecule has 0 aliphatic carbocycles. The molecule has 0 N–H and O–H groups in total. The van der Waals surface area contributed by atoms with Gasteiger partial charge in [0.05, 0.1) is 7.14 Å². The van der Waals surface area contributed by atoms with E-state index < -0.39 is 7.14 Å². The van der Waals surface area contributed by atoms with E-state index in [1.165, 1.54) is 0 Å². The van der Waals surface area contributed by atoms with E-state index in [-0.39, 0.29) is 0 Å². The Morgan fingerprint density at radius 2 is 2.20 bits per heavy atom. The van der Waals surface area contributed by atoms with Crippen molar-refractivity contribution in [3.8, 4) is 0 Å². The van der Waals surface area contributed by atoms with Crippen molar-refractivity contribution >= 4 is 18.7 Å². The molecular formula is C7H12ClOP. The van der Waals surface area contributed by atoms with Crippen LogP contribution in [0.5, 0.6) is 0 Å². The number of rotatable bonds is 0. The Bertz CT molecular complexity index is 220. The van der Waals surface area contributed by atoms with Crippen molar-refractivity contribution in [3.63, 3.8) is 0 Å². The molecule has 3 heteroatoms. The van der Waals surface area contributed by atoms with Crippen molar-refractivity contribution in [1.82, 2.24) is 0 Å². The first-order valence-electron chi connectivity index (χ1n) is 3.41. The molecule has 0 fully saturated rings. The van der Waals surface area contributed by atoms with Gasteiger partial charge in [-0.1, -0.05) is 17.2 Å². The summed E-state index contributed by atoms with van der Waals surface area (Å²) in [6.45, 7) is 3.83. The third-order valence-electron chi connectivity index (χ3n) is 1.84. The van der Waals surface area contributed by atoms with Gasteiger partial charge in [0.25, 0.3) is 0 Å². The highest BCUT2D eigenvalue weighted by atomic mass is 35.5. The van der Waals surface area contributed by atoms with Crippen LogP contribution in [-0.2, 0) is 4.57 Å². The Kier molecular flexibility index (Phi) is 2.27. The summed E-state index contributed by atoms with van der Waals surface area (Å²) in [6.07, 6.45) is 2.34. The SMILES string of the molecule is CC1=C(Cl)CCP(C)(=O)C1. The van der Waals surface area contributed by atoms with Crippen LogP contribution in [0, 0.1) is 0 Å². The molecule has 58 valence electrons. The van der Waals surface area contributed by atoms with E-state index >= 15 is 0 Å². The largest absolute Gasteiger partial charge is 0.323 e. The lowest BCUT2D eigenvalue weighted by molar-refractivity contribution is 0.578. The van der Waals surface area contributed by atoms with Crippen molar-refractivity contribution in [3.05, 3.63) is 10.6 Å². The van der Waals surface area contributed by atoms with E-state index in [4.69, 9.17) is 11.6 Å². The Morgan fingerprint density at radius 3 is 2.60 bits per heavy atom. The summed E-state index contributed by atoms with van der Waals surface area (Å²) in [5.41, 5.74) is 1.12. The molecule has 10 heavy (non-hydrogen) atoms. The monoisotopic (exact) mass is 178 g/mol. The second-order valence-electron chi connectivity index (χ2n) is 3.11. The zero-order chi connectivity index (χ0) is 7.78. The van der Waals surface area contributed by atoms with Gasteiger partial charge in [-0.25, -0.2) is 0 Å². The average molecular weight is 179 g/mol. The van der Waals surface area contributed by atoms with Gasteiger partial charge in [-0.2, -0.15) is 0 Å². The van der Waals surface area contributed by atoms with Crippen LogP contribution in [0.2, 0.25) is 0 Å². The molecule has 0 radical (unpaired) electrons. The summed E-state index contributed by atoms with van der Waals surface area (Å²) in [7, 11) is -1.82. The maximum Gasteiger partial charge on any atom is 0.0890 e. The summed E-state index contributed by atoms with van der Waals surface area (Å²) < 4.78 is 11.5. The molecule has 1 unspecified atom stereocenters. The first kappa shape index (κ1) is 8.36. The number of hydrogen-bond donors (Lipinski definition) is 0. The quantitative estimate of drug-likeness (QED) is 0.522. The van der Waals surface area contributed by atoms with Gasteiger partial charge in [-0.05, 0) is 20.0 Å². The highest BCUT2D eigenvalue weighted by Crippen LogP contribution is 2.48. The lowest BCUT2D eigenvalue weighted by Gasteiger charge is -2.19. The van der Waals surface area contributed by atoms with Crippen LogP contribution >= 0.6 is 18.7 Å². The van der Waals surface area contributed by atoms with Crippen molar-refractivity contribution in [2.45, 2.75) is 13.3 Å². The predicted octanol–water partition coefficient (Wildman–Crippen LogP) is 2.90. The van der Waals surface area contributed by atoms with E-state index in [9.17, 15) is 4.57 Å². The van der Waals surface area contributed by atoms with E-state index in [1.54, 1.807) is 0 Å². The standard InChI is InChI=1S/C7H12ClOP/c1-6-5-10(2,9)4-3-7(6)8/h3-5H2,1-2H3. The van der Waals surface area contributed by atoms with Gasteiger partial charge in [0.1, 0.15) is 0 Å². The summed E-state index contributed by atoms with van der Waals surface area (Å²) in [5.74, 6) is 0. The Morgan fingerprint density at radius 1 is 1.60 bits per heavy atom. The summed E-state index contributed by atoms with van der Waals surface area (Å²) >= 11 is 5.85. The van der Waals surface area contributed by atoms with Gasteiger partial charge in [0.15, 0.2) is 0 Å². The van der Waals surface area contributed by atoms with E-state index in [0.717, 1.165) is 29.4 Å². The topological polar surface area (TPSA) is 17.1 Å². The lowest BCUT2D eigenvalue weighted by atomic mass is 10.3. The average Bonchev–Trinajstić information content (AvgIpc) is 1.79. The fourth-order valence-corrected chi connectivity index (χ4v) is 3.65. The van der Waals surface area contributed by atoms with Crippen molar-refractivity contribution in [1.29, 1.82) is 0 Å². The predicted molar refractivity (Wildman–Crippen MR) is 46.4 cm³/mol. The number of allylic oxidation sites excluding steroid dienone is 2. The summed E-state index contributed by atoms with van der Waals surface area (Å²) in [6, 6.07) is 0. The molecule has 1 atom stereocenters. The zero-order valence-electron chi connectivity index (χ0n) is 6.35. The maximum atomic E-state index is 11.5. The minimum atomic E-state index is -1.82. The minimum absolute atomic E-state index is 0.728. The molecule has 0 spiro atoms. The summed E-state index contributed by atoms with van der Waals surface area (Å²) in [4.78, 5) is 0. The maximum absolute atomic E-state index is 11.5. The van der Waals surface area contributed by atoms with Crippen LogP contribution in [0.15, 0.2) is 10.6 Å². The van der Waals surface area contributed by atoms with Crippen LogP contribution in [0.25, 0.3) is 0 Å². The van der Waals surface area contributed by atoms with Crippen molar-refractivity contribution < 1.29 is 4.57 Å². The van der Waals surface area contributed by atoms with Gasteiger partial charge in [0, 0.05) is 17.4 Å². The Hall–Kier alpha value is 0.260. The molecule has 1 aliphatic rings. The molecule has 0 saturated heterocycles. The molecule has 0 saturated carbocycles. The molecule has 0 aromatic heterocycles. The van der Waals surface area contributed by atoms with Gasteiger partial charge >= 0.3 is 0 Å². The molecule has 0 bridgehead atoms. The van der Waals surface area contributed by atoms with Gasteiger partial charge < -0.3 is 4.57 Å². The highest BCUT2D eigenvalue weighted by molar-refractivity contribution is 7.63. The fraction of sp³-hybridized carbons (Fsp3) is 0.714. The highest BCUT2D eigenvalue weighted by Gasteiger charge is 2.22. The fourth-order valence-electron chi connectivity index (χ4n) is 1.21. The molecule has 1 aliphatic heterocycles. The minimum Gasteiger partial charge on any atom is -0.323 e. The van der Waals surface area contributed by atoms with Crippen LogP contribution < -0.4 is 0 Å². The first-order chi connectivity index (χ1) is 4.51. The molecule has 1 heterocycles.